The molecule has 76 valence electrons. The minimum Gasteiger partial charge on any atom is -0.478 e. The molecule has 0 saturated heterocycles. The SMILES string of the molecule is O=C(O)/C=C\c1cnc2ccc(Cl)cn12. The summed E-state index contributed by atoms with van der Waals surface area (Å²) in [5.41, 5.74) is 1.40. The van der Waals surface area contributed by atoms with Crippen molar-refractivity contribution in [3.8, 4) is 0 Å². The Morgan fingerprint density at radius 3 is 3.07 bits per heavy atom. The third-order valence-corrected chi connectivity index (χ3v) is 2.12. The van der Waals surface area contributed by atoms with Crippen molar-refractivity contribution in [2.24, 2.45) is 0 Å². The normalized spacial score (nSPS) is 11.3. The van der Waals surface area contributed by atoms with Crippen LogP contribution in [-0.4, -0.2) is 20.5 Å². The van der Waals surface area contributed by atoms with Gasteiger partial charge in [-0.1, -0.05) is 11.6 Å². The fraction of sp³-hybridized carbons (Fsp3) is 0. The molecule has 0 bridgehead atoms. The van der Waals surface area contributed by atoms with Gasteiger partial charge in [0, 0.05) is 12.3 Å². The number of aliphatic carboxylic acids is 1. The summed E-state index contributed by atoms with van der Waals surface area (Å²) in [4.78, 5) is 14.5. The van der Waals surface area contributed by atoms with E-state index in [-0.39, 0.29) is 0 Å². The largest absolute Gasteiger partial charge is 0.478 e. The van der Waals surface area contributed by atoms with E-state index in [0.29, 0.717) is 10.7 Å². The van der Waals surface area contributed by atoms with Gasteiger partial charge in [0.05, 0.1) is 16.9 Å². The van der Waals surface area contributed by atoms with Gasteiger partial charge in [-0.3, -0.25) is 4.40 Å². The Morgan fingerprint density at radius 2 is 2.33 bits per heavy atom. The molecule has 0 aromatic carbocycles. The van der Waals surface area contributed by atoms with E-state index in [1.165, 1.54) is 6.08 Å². The van der Waals surface area contributed by atoms with Crippen LogP contribution >= 0.6 is 11.6 Å². The number of hydrogen-bond donors (Lipinski definition) is 1. The lowest BCUT2D eigenvalue weighted by molar-refractivity contribution is -0.131. The number of carboxylic acids is 1. The number of fused-ring (bicyclic) bond motifs is 1. The van der Waals surface area contributed by atoms with E-state index >= 15 is 0 Å². The van der Waals surface area contributed by atoms with Gasteiger partial charge in [0.15, 0.2) is 0 Å². The standard InChI is InChI=1S/C10H7ClN2O2/c11-7-1-3-9-12-5-8(13(9)6-7)2-4-10(14)15/h1-6H,(H,14,15)/b4-2-. The number of rotatable bonds is 2. The van der Waals surface area contributed by atoms with Gasteiger partial charge in [0.25, 0.3) is 0 Å². The molecule has 2 rings (SSSR count). The number of aromatic nitrogens is 2. The summed E-state index contributed by atoms with van der Waals surface area (Å²) in [7, 11) is 0. The van der Waals surface area contributed by atoms with Gasteiger partial charge >= 0.3 is 5.97 Å². The van der Waals surface area contributed by atoms with Crippen LogP contribution in [0, 0.1) is 0 Å². The van der Waals surface area contributed by atoms with Gasteiger partial charge in [0.1, 0.15) is 5.65 Å². The average molecular weight is 223 g/mol. The maximum Gasteiger partial charge on any atom is 0.328 e. The smallest absolute Gasteiger partial charge is 0.328 e. The number of halogens is 1. The van der Waals surface area contributed by atoms with Crippen molar-refractivity contribution < 1.29 is 9.90 Å². The average Bonchev–Trinajstić information content (AvgIpc) is 2.57. The van der Waals surface area contributed by atoms with Crippen molar-refractivity contribution in [1.82, 2.24) is 9.38 Å². The number of hydrogen-bond acceptors (Lipinski definition) is 2. The number of carboxylic acid groups (broad SMARTS) is 1. The monoisotopic (exact) mass is 222 g/mol. The van der Waals surface area contributed by atoms with E-state index in [4.69, 9.17) is 16.7 Å². The third-order valence-electron chi connectivity index (χ3n) is 1.89. The van der Waals surface area contributed by atoms with Crippen LogP contribution in [0.2, 0.25) is 5.02 Å². The molecule has 15 heavy (non-hydrogen) atoms. The highest BCUT2D eigenvalue weighted by Crippen LogP contribution is 2.13. The Balaban J connectivity index is 2.52. The third kappa shape index (κ3) is 1.99. The predicted molar refractivity (Wildman–Crippen MR) is 56.9 cm³/mol. The summed E-state index contributed by atoms with van der Waals surface area (Å²) in [5.74, 6) is -0.994. The summed E-state index contributed by atoms with van der Waals surface area (Å²) in [6, 6.07) is 3.50. The second kappa shape index (κ2) is 3.74. The highest BCUT2D eigenvalue weighted by molar-refractivity contribution is 6.30. The first-order chi connectivity index (χ1) is 7.16. The second-order valence-corrected chi connectivity index (χ2v) is 3.37. The number of imidazole rings is 1. The molecular formula is C10H7ClN2O2. The van der Waals surface area contributed by atoms with Crippen LogP contribution in [0.5, 0.6) is 0 Å². The van der Waals surface area contributed by atoms with E-state index in [1.54, 1.807) is 28.9 Å². The van der Waals surface area contributed by atoms with Crippen molar-refractivity contribution in [3.63, 3.8) is 0 Å². The van der Waals surface area contributed by atoms with Gasteiger partial charge in [-0.2, -0.15) is 0 Å². The van der Waals surface area contributed by atoms with Crippen LogP contribution in [0.25, 0.3) is 11.7 Å². The molecule has 5 heteroatoms. The summed E-state index contributed by atoms with van der Waals surface area (Å²) >= 11 is 5.82. The Morgan fingerprint density at radius 1 is 1.53 bits per heavy atom. The van der Waals surface area contributed by atoms with Crippen LogP contribution in [0.3, 0.4) is 0 Å². The molecule has 2 aromatic rings. The molecule has 0 aliphatic heterocycles. The minimum absolute atomic E-state index is 0.575. The summed E-state index contributed by atoms with van der Waals surface area (Å²) in [5, 5.41) is 9.07. The molecule has 4 nitrogen and oxygen atoms in total. The van der Waals surface area contributed by atoms with Gasteiger partial charge in [-0.05, 0) is 18.2 Å². The van der Waals surface area contributed by atoms with Crippen LogP contribution in [-0.2, 0) is 4.79 Å². The molecule has 0 unspecified atom stereocenters. The summed E-state index contributed by atoms with van der Waals surface area (Å²) in [6.45, 7) is 0. The highest BCUT2D eigenvalue weighted by atomic mass is 35.5. The molecule has 0 aliphatic carbocycles. The van der Waals surface area contributed by atoms with Gasteiger partial charge in [-0.25, -0.2) is 9.78 Å². The first-order valence-corrected chi connectivity index (χ1v) is 4.58. The molecule has 0 saturated carbocycles. The molecule has 2 aromatic heterocycles. The van der Waals surface area contributed by atoms with Crippen molar-refractivity contribution in [2.45, 2.75) is 0 Å². The number of pyridine rings is 1. The fourth-order valence-corrected chi connectivity index (χ4v) is 1.41. The Bertz CT molecular complexity index is 545. The van der Waals surface area contributed by atoms with Gasteiger partial charge in [-0.15, -0.1) is 0 Å². The van der Waals surface area contributed by atoms with Crippen molar-refractivity contribution in [1.29, 1.82) is 0 Å². The zero-order valence-electron chi connectivity index (χ0n) is 7.59. The zero-order valence-corrected chi connectivity index (χ0v) is 8.35. The Hall–Kier alpha value is -1.81. The molecule has 0 amide bonds. The first kappa shape index (κ1) is 9.73. The molecule has 0 radical (unpaired) electrons. The second-order valence-electron chi connectivity index (χ2n) is 2.93. The van der Waals surface area contributed by atoms with E-state index in [1.807, 2.05) is 0 Å². The minimum atomic E-state index is -0.994. The topological polar surface area (TPSA) is 54.6 Å². The summed E-state index contributed by atoms with van der Waals surface area (Å²) in [6.07, 6.45) is 5.81. The van der Waals surface area contributed by atoms with Gasteiger partial charge in [0.2, 0.25) is 0 Å². The van der Waals surface area contributed by atoms with E-state index in [0.717, 1.165) is 11.7 Å². The quantitative estimate of drug-likeness (QED) is 0.792. The molecule has 2 heterocycles. The van der Waals surface area contributed by atoms with Gasteiger partial charge < -0.3 is 5.11 Å². The molecule has 0 aliphatic rings. The van der Waals surface area contributed by atoms with Crippen LogP contribution in [0.1, 0.15) is 5.69 Å². The molecule has 0 spiro atoms. The highest BCUT2D eigenvalue weighted by Gasteiger charge is 2.00. The Labute approximate surface area is 90.4 Å². The lowest BCUT2D eigenvalue weighted by atomic mass is 10.4. The van der Waals surface area contributed by atoms with Crippen LogP contribution in [0.4, 0.5) is 0 Å². The first-order valence-electron chi connectivity index (χ1n) is 4.20. The van der Waals surface area contributed by atoms with Crippen molar-refractivity contribution in [3.05, 3.63) is 41.3 Å². The maximum atomic E-state index is 10.4. The fourth-order valence-electron chi connectivity index (χ4n) is 1.25. The van der Waals surface area contributed by atoms with Crippen molar-refractivity contribution >= 4 is 29.3 Å². The number of nitrogens with zero attached hydrogens (tertiary/aromatic N) is 2. The van der Waals surface area contributed by atoms with E-state index < -0.39 is 5.97 Å². The maximum absolute atomic E-state index is 10.4. The molecule has 1 N–H and O–H groups in total. The summed E-state index contributed by atoms with van der Waals surface area (Å²) < 4.78 is 1.72. The predicted octanol–water partition coefficient (Wildman–Crippen LogP) is 2.09. The van der Waals surface area contributed by atoms with Crippen molar-refractivity contribution in [2.75, 3.05) is 0 Å². The Kier molecular flexibility index (Phi) is 2.43. The molecule has 0 atom stereocenters. The number of carbonyl (C=O) groups is 1. The molecule has 0 fully saturated rings. The lowest BCUT2D eigenvalue weighted by Gasteiger charge is -1.96. The lowest BCUT2D eigenvalue weighted by Crippen LogP contribution is -1.89. The van der Waals surface area contributed by atoms with E-state index in [2.05, 4.69) is 4.98 Å². The molecular weight excluding hydrogens is 216 g/mol. The zero-order chi connectivity index (χ0) is 10.8. The van der Waals surface area contributed by atoms with Crippen LogP contribution in [0.15, 0.2) is 30.6 Å². The van der Waals surface area contributed by atoms with E-state index in [9.17, 15) is 4.79 Å². The van der Waals surface area contributed by atoms with Crippen LogP contribution < -0.4 is 0 Å².